The van der Waals surface area contributed by atoms with E-state index in [9.17, 15) is 13.6 Å². The average Bonchev–Trinajstić information content (AvgIpc) is 2.54. The molecular formula is C9H9F2NO. The van der Waals surface area contributed by atoms with Gasteiger partial charge in [0.1, 0.15) is 0 Å². The zero-order valence-electron chi connectivity index (χ0n) is 7.10. The largest absolute Gasteiger partial charge is 0.351 e. The van der Waals surface area contributed by atoms with E-state index >= 15 is 0 Å². The summed E-state index contributed by atoms with van der Waals surface area (Å²) in [7, 11) is 0. The molecule has 0 aliphatic heterocycles. The van der Waals surface area contributed by atoms with E-state index in [1.54, 1.807) is 0 Å². The molecule has 1 aromatic rings. The third kappa shape index (κ3) is 1.01. The van der Waals surface area contributed by atoms with Gasteiger partial charge in [-0.2, -0.15) is 8.78 Å². The minimum Gasteiger partial charge on any atom is -0.351 e. The van der Waals surface area contributed by atoms with Gasteiger partial charge in [0, 0.05) is 5.92 Å². The van der Waals surface area contributed by atoms with Crippen molar-refractivity contribution in [1.29, 1.82) is 0 Å². The van der Waals surface area contributed by atoms with Gasteiger partial charge in [-0.15, -0.1) is 0 Å². The summed E-state index contributed by atoms with van der Waals surface area (Å²) >= 11 is 0. The van der Waals surface area contributed by atoms with E-state index < -0.39 is 11.8 Å². The van der Waals surface area contributed by atoms with Crippen molar-refractivity contribution in [3.05, 3.63) is 23.0 Å². The van der Waals surface area contributed by atoms with E-state index in [4.69, 9.17) is 0 Å². The molecule has 0 amide bonds. The lowest BCUT2D eigenvalue weighted by Crippen LogP contribution is -2.18. The van der Waals surface area contributed by atoms with Crippen LogP contribution in [0, 0.1) is 5.92 Å². The molecule has 1 aromatic heterocycles. The Labute approximate surface area is 74.0 Å². The maximum Gasteiger partial charge on any atom is 0.290 e. The Morgan fingerprint density at radius 2 is 2.38 bits per heavy atom. The van der Waals surface area contributed by atoms with Crippen LogP contribution in [0.3, 0.4) is 0 Å². The maximum absolute atomic E-state index is 13.3. The van der Waals surface area contributed by atoms with Crippen LogP contribution < -0.4 is 0 Å². The molecule has 1 unspecified atom stereocenters. The molecule has 1 aliphatic carbocycles. The minimum absolute atomic E-state index is 0.0814. The molecule has 0 bridgehead atoms. The number of carbonyl (C=O) groups excluding carboxylic acids is 1. The first kappa shape index (κ1) is 8.41. The second kappa shape index (κ2) is 2.40. The van der Waals surface area contributed by atoms with Crippen LogP contribution in [0.5, 0.6) is 0 Å². The monoisotopic (exact) mass is 185 g/mol. The molecule has 0 aromatic carbocycles. The van der Waals surface area contributed by atoms with Gasteiger partial charge in [-0.05, 0) is 18.1 Å². The molecular weight excluding hydrogens is 176 g/mol. The van der Waals surface area contributed by atoms with Gasteiger partial charge in [-0.25, -0.2) is 0 Å². The lowest BCUT2D eigenvalue weighted by Gasteiger charge is -2.14. The molecule has 0 fully saturated rings. The SMILES string of the molecule is CC1Cc2cc(C=O)[nH]c2C1(F)F. The number of aromatic amines is 1. The second-order valence-corrected chi connectivity index (χ2v) is 3.47. The van der Waals surface area contributed by atoms with Gasteiger partial charge in [-0.1, -0.05) is 6.92 Å². The highest BCUT2D eigenvalue weighted by atomic mass is 19.3. The molecule has 0 radical (unpaired) electrons. The summed E-state index contributed by atoms with van der Waals surface area (Å²) in [6, 6.07) is 1.50. The van der Waals surface area contributed by atoms with Crippen LogP contribution in [-0.2, 0) is 12.3 Å². The van der Waals surface area contributed by atoms with Gasteiger partial charge in [0.15, 0.2) is 6.29 Å². The maximum atomic E-state index is 13.3. The lowest BCUT2D eigenvalue weighted by molar-refractivity contribution is -0.0486. The standard InChI is InChI=1S/C9H9F2NO/c1-5-2-6-3-7(4-13)12-8(6)9(5,10)11/h3-5,12H,2H2,1H3. The summed E-state index contributed by atoms with van der Waals surface area (Å²) in [5, 5.41) is 0. The summed E-state index contributed by atoms with van der Waals surface area (Å²) in [5.74, 6) is -3.48. The highest BCUT2D eigenvalue weighted by molar-refractivity contribution is 5.73. The highest BCUT2D eigenvalue weighted by Gasteiger charge is 2.47. The van der Waals surface area contributed by atoms with Crippen molar-refractivity contribution in [2.45, 2.75) is 19.3 Å². The Bertz CT molecular complexity index is 356. The van der Waals surface area contributed by atoms with E-state index in [0.29, 0.717) is 18.3 Å². The Kier molecular flexibility index (Phi) is 1.55. The van der Waals surface area contributed by atoms with Crippen molar-refractivity contribution in [2.75, 3.05) is 0 Å². The van der Waals surface area contributed by atoms with Crippen LogP contribution in [0.1, 0.15) is 28.7 Å². The van der Waals surface area contributed by atoms with Gasteiger partial charge in [0.2, 0.25) is 0 Å². The molecule has 2 rings (SSSR count). The number of halogens is 2. The van der Waals surface area contributed by atoms with Crippen LogP contribution in [0.2, 0.25) is 0 Å². The topological polar surface area (TPSA) is 32.9 Å². The molecule has 1 atom stereocenters. The number of fused-ring (bicyclic) bond motifs is 1. The lowest BCUT2D eigenvalue weighted by atomic mass is 10.1. The molecule has 70 valence electrons. The van der Waals surface area contributed by atoms with Crippen molar-refractivity contribution < 1.29 is 13.6 Å². The van der Waals surface area contributed by atoms with Crippen molar-refractivity contribution >= 4 is 6.29 Å². The fourth-order valence-electron chi connectivity index (χ4n) is 1.75. The molecule has 13 heavy (non-hydrogen) atoms. The summed E-state index contributed by atoms with van der Waals surface area (Å²) in [6.45, 7) is 1.51. The second-order valence-electron chi connectivity index (χ2n) is 3.47. The van der Waals surface area contributed by atoms with Crippen LogP contribution in [-0.4, -0.2) is 11.3 Å². The van der Waals surface area contributed by atoms with Gasteiger partial charge < -0.3 is 4.98 Å². The average molecular weight is 185 g/mol. The van der Waals surface area contributed by atoms with E-state index in [2.05, 4.69) is 4.98 Å². The van der Waals surface area contributed by atoms with E-state index in [1.807, 2.05) is 0 Å². The third-order valence-electron chi connectivity index (χ3n) is 2.53. The van der Waals surface area contributed by atoms with Crippen molar-refractivity contribution in [1.82, 2.24) is 4.98 Å². The highest BCUT2D eigenvalue weighted by Crippen LogP contribution is 2.45. The van der Waals surface area contributed by atoms with Crippen LogP contribution in [0.25, 0.3) is 0 Å². The fourth-order valence-corrected chi connectivity index (χ4v) is 1.75. The third-order valence-corrected chi connectivity index (χ3v) is 2.53. The van der Waals surface area contributed by atoms with Crippen LogP contribution in [0.15, 0.2) is 6.07 Å². The van der Waals surface area contributed by atoms with Crippen molar-refractivity contribution in [3.63, 3.8) is 0 Å². The Morgan fingerprint density at radius 1 is 1.69 bits per heavy atom. The minimum atomic E-state index is -2.81. The van der Waals surface area contributed by atoms with E-state index in [1.165, 1.54) is 13.0 Å². The smallest absolute Gasteiger partial charge is 0.290 e. The molecule has 0 spiro atoms. The normalized spacial score (nSPS) is 24.4. The predicted molar refractivity (Wildman–Crippen MR) is 42.9 cm³/mol. The number of H-pyrrole nitrogens is 1. The molecule has 4 heteroatoms. The zero-order valence-corrected chi connectivity index (χ0v) is 7.10. The summed E-state index contributed by atoms with van der Waals surface area (Å²) in [6.07, 6.45) is 0.895. The first-order chi connectivity index (χ1) is 6.05. The van der Waals surface area contributed by atoms with Gasteiger partial charge >= 0.3 is 0 Å². The number of aromatic nitrogens is 1. The van der Waals surface area contributed by atoms with Gasteiger partial charge in [0.25, 0.3) is 5.92 Å². The number of nitrogens with one attached hydrogen (secondary N) is 1. The quantitative estimate of drug-likeness (QED) is 0.668. The number of hydrogen-bond acceptors (Lipinski definition) is 1. The van der Waals surface area contributed by atoms with Gasteiger partial charge in [0.05, 0.1) is 11.4 Å². The Hall–Kier alpha value is -1.19. The number of carbonyl (C=O) groups is 1. The summed E-state index contributed by atoms with van der Waals surface area (Å²) in [5.41, 5.74) is 0.721. The van der Waals surface area contributed by atoms with Crippen LogP contribution >= 0.6 is 0 Å². The first-order valence-electron chi connectivity index (χ1n) is 4.11. The fraction of sp³-hybridized carbons (Fsp3) is 0.444. The molecule has 2 nitrogen and oxygen atoms in total. The summed E-state index contributed by atoms with van der Waals surface area (Å²) < 4.78 is 26.7. The van der Waals surface area contributed by atoms with E-state index in [-0.39, 0.29) is 11.4 Å². The van der Waals surface area contributed by atoms with Crippen molar-refractivity contribution in [3.8, 4) is 0 Å². The zero-order chi connectivity index (χ0) is 9.64. The predicted octanol–water partition coefficient (Wildman–Crippen LogP) is 2.11. The number of hydrogen-bond donors (Lipinski definition) is 1. The van der Waals surface area contributed by atoms with Crippen LogP contribution in [0.4, 0.5) is 8.78 Å². The number of alkyl halides is 2. The molecule has 0 saturated carbocycles. The molecule has 1 N–H and O–H groups in total. The Balaban J connectivity index is 2.51. The molecule has 0 saturated heterocycles. The molecule has 1 aliphatic rings. The molecule has 1 heterocycles. The van der Waals surface area contributed by atoms with E-state index in [0.717, 1.165) is 0 Å². The number of rotatable bonds is 1. The van der Waals surface area contributed by atoms with Gasteiger partial charge in [-0.3, -0.25) is 4.79 Å². The number of aldehydes is 1. The van der Waals surface area contributed by atoms with Crippen molar-refractivity contribution in [2.24, 2.45) is 5.92 Å². The first-order valence-corrected chi connectivity index (χ1v) is 4.11. The Morgan fingerprint density at radius 3 is 2.92 bits per heavy atom. The summed E-state index contributed by atoms with van der Waals surface area (Å²) in [4.78, 5) is 12.8.